The van der Waals surface area contributed by atoms with Crippen molar-refractivity contribution in [3.05, 3.63) is 45.7 Å². The van der Waals surface area contributed by atoms with Crippen LogP contribution in [0.25, 0.3) is 0 Å². The molecule has 1 aromatic carbocycles. The summed E-state index contributed by atoms with van der Waals surface area (Å²) in [5.41, 5.74) is 0.893. The summed E-state index contributed by atoms with van der Waals surface area (Å²) in [5.74, 6) is 0.402. The van der Waals surface area contributed by atoms with E-state index in [1.807, 2.05) is 7.05 Å². The Labute approximate surface area is 130 Å². The van der Waals surface area contributed by atoms with Crippen LogP contribution >= 0.6 is 27.5 Å². The normalized spacial score (nSPS) is 10.3. The highest BCUT2D eigenvalue weighted by molar-refractivity contribution is 9.10. The molecule has 0 radical (unpaired) electrons. The number of rotatable bonds is 5. The molecule has 2 aromatic rings. The first-order valence-corrected chi connectivity index (χ1v) is 7.05. The quantitative estimate of drug-likeness (QED) is 0.893. The maximum atomic E-state index is 11.7. The molecule has 0 saturated carbocycles. The van der Waals surface area contributed by atoms with Crippen LogP contribution in [-0.4, -0.2) is 22.3 Å². The Morgan fingerprint density at radius 2 is 2.15 bits per heavy atom. The summed E-state index contributed by atoms with van der Waals surface area (Å²) in [6.07, 6.45) is 1.69. The third-order valence-corrected chi connectivity index (χ3v) is 3.56. The lowest BCUT2D eigenvalue weighted by Crippen LogP contribution is -2.29. The summed E-state index contributed by atoms with van der Waals surface area (Å²) < 4.78 is 7.91. The molecule has 5 nitrogen and oxygen atoms in total. The molecule has 0 saturated heterocycles. The number of halogens is 2. The van der Waals surface area contributed by atoms with Crippen LogP contribution in [0.15, 0.2) is 34.9 Å². The zero-order chi connectivity index (χ0) is 14.5. The van der Waals surface area contributed by atoms with Crippen molar-refractivity contribution in [1.29, 1.82) is 0 Å². The maximum absolute atomic E-state index is 11.7. The third kappa shape index (κ3) is 3.98. The number of nitrogens with one attached hydrogen (secondary N) is 1. The number of nitrogens with zero attached hydrogens (tertiary/aromatic N) is 2. The van der Waals surface area contributed by atoms with Crippen LogP contribution in [0.2, 0.25) is 5.02 Å². The van der Waals surface area contributed by atoms with Crippen LogP contribution in [0.4, 0.5) is 0 Å². The summed E-state index contributed by atoms with van der Waals surface area (Å²) in [4.78, 5) is 11.7. The summed E-state index contributed by atoms with van der Waals surface area (Å²) in [5, 5.41) is 7.47. The van der Waals surface area contributed by atoms with E-state index in [0.717, 1.165) is 10.2 Å². The minimum Gasteiger partial charge on any atom is -0.484 e. The predicted octanol–water partition coefficient (Wildman–Crippen LogP) is 2.53. The Kier molecular flexibility index (Phi) is 5.03. The molecule has 0 aliphatic heterocycles. The zero-order valence-corrected chi connectivity index (χ0v) is 13.1. The Balaban J connectivity index is 1.80. The average molecular weight is 359 g/mol. The monoisotopic (exact) mass is 357 g/mol. The van der Waals surface area contributed by atoms with Crippen LogP contribution in [0.5, 0.6) is 5.75 Å². The first-order chi connectivity index (χ1) is 9.56. The van der Waals surface area contributed by atoms with Crippen LogP contribution < -0.4 is 10.1 Å². The van der Waals surface area contributed by atoms with Gasteiger partial charge in [-0.25, -0.2) is 0 Å². The Bertz CT molecular complexity index is 579. The number of carbonyl (C=O) groups excluding carboxylic acids is 1. The molecule has 0 aliphatic carbocycles. The number of aryl methyl sites for hydroxylation is 1. The minimum atomic E-state index is -0.201. The molecular formula is C13H13BrClN3O2. The van der Waals surface area contributed by atoms with Gasteiger partial charge in [0.1, 0.15) is 5.75 Å². The highest BCUT2D eigenvalue weighted by Crippen LogP contribution is 2.16. The van der Waals surface area contributed by atoms with Gasteiger partial charge in [-0.05, 0) is 40.2 Å². The van der Waals surface area contributed by atoms with Gasteiger partial charge in [0, 0.05) is 12.1 Å². The van der Waals surface area contributed by atoms with E-state index >= 15 is 0 Å². The summed E-state index contributed by atoms with van der Waals surface area (Å²) in [7, 11) is 1.82. The van der Waals surface area contributed by atoms with Crippen molar-refractivity contribution in [2.45, 2.75) is 6.54 Å². The van der Waals surface area contributed by atoms with Crippen molar-refractivity contribution in [3.8, 4) is 5.75 Å². The standard InChI is InChI=1S/C13H13BrClN3O2/c1-18-12(11(14)6-17-18)7-16-13(19)8-20-10-4-2-9(15)3-5-10/h2-6H,7-8H2,1H3,(H,16,19). The van der Waals surface area contributed by atoms with Crippen LogP contribution in [-0.2, 0) is 18.4 Å². The molecule has 0 aliphatic rings. The van der Waals surface area contributed by atoms with Gasteiger partial charge >= 0.3 is 0 Å². The highest BCUT2D eigenvalue weighted by Gasteiger charge is 2.08. The highest BCUT2D eigenvalue weighted by atomic mass is 79.9. The molecule has 1 N–H and O–H groups in total. The smallest absolute Gasteiger partial charge is 0.258 e. The van der Waals surface area contributed by atoms with Gasteiger partial charge in [-0.15, -0.1) is 0 Å². The Morgan fingerprint density at radius 3 is 2.75 bits per heavy atom. The molecule has 20 heavy (non-hydrogen) atoms. The van der Waals surface area contributed by atoms with E-state index in [0.29, 0.717) is 17.3 Å². The molecule has 1 heterocycles. The van der Waals surface area contributed by atoms with Crippen molar-refractivity contribution >= 4 is 33.4 Å². The molecule has 2 rings (SSSR count). The van der Waals surface area contributed by atoms with Crippen LogP contribution in [0, 0.1) is 0 Å². The number of carbonyl (C=O) groups is 1. The van der Waals surface area contributed by atoms with Gasteiger partial charge in [-0.1, -0.05) is 11.6 Å². The largest absolute Gasteiger partial charge is 0.484 e. The van der Waals surface area contributed by atoms with E-state index in [1.165, 1.54) is 0 Å². The van der Waals surface area contributed by atoms with Gasteiger partial charge in [-0.3, -0.25) is 9.48 Å². The van der Waals surface area contributed by atoms with Crippen molar-refractivity contribution in [2.75, 3.05) is 6.61 Å². The van der Waals surface area contributed by atoms with Gasteiger partial charge in [0.2, 0.25) is 0 Å². The molecule has 1 amide bonds. The average Bonchev–Trinajstić information content (AvgIpc) is 2.75. The Morgan fingerprint density at radius 1 is 1.45 bits per heavy atom. The van der Waals surface area contributed by atoms with E-state index < -0.39 is 0 Å². The van der Waals surface area contributed by atoms with Gasteiger partial charge in [0.25, 0.3) is 5.91 Å². The number of amides is 1. The Hall–Kier alpha value is -1.53. The summed E-state index contributed by atoms with van der Waals surface area (Å²) >= 11 is 9.13. The van der Waals surface area contributed by atoms with Crippen LogP contribution in [0.1, 0.15) is 5.69 Å². The molecule has 7 heteroatoms. The number of ether oxygens (including phenoxy) is 1. The second-order valence-corrected chi connectivity index (χ2v) is 5.37. The van der Waals surface area contributed by atoms with E-state index in [2.05, 4.69) is 26.3 Å². The van der Waals surface area contributed by atoms with E-state index in [-0.39, 0.29) is 12.5 Å². The summed E-state index contributed by atoms with van der Waals surface area (Å²) in [6.45, 7) is 0.344. The minimum absolute atomic E-state index is 0.0445. The molecule has 0 bridgehead atoms. The van der Waals surface area contributed by atoms with Gasteiger partial charge < -0.3 is 10.1 Å². The first kappa shape index (κ1) is 14.9. The SMILES string of the molecule is Cn1ncc(Br)c1CNC(=O)COc1ccc(Cl)cc1. The third-order valence-electron chi connectivity index (χ3n) is 2.65. The van der Waals surface area contributed by atoms with E-state index in [9.17, 15) is 4.79 Å². The topological polar surface area (TPSA) is 56.2 Å². The fourth-order valence-corrected chi connectivity index (χ4v) is 2.16. The number of aromatic nitrogens is 2. The molecule has 1 aromatic heterocycles. The van der Waals surface area contributed by atoms with Crippen molar-refractivity contribution in [1.82, 2.24) is 15.1 Å². The number of hydrogen-bond acceptors (Lipinski definition) is 3. The van der Waals surface area contributed by atoms with Gasteiger partial charge in [0.15, 0.2) is 6.61 Å². The second kappa shape index (κ2) is 6.76. The number of hydrogen-bond donors (Lipinski definition) is 1. The molecule has 0 spiro atoms. The fraction of sp³-hybridized carbons (Fsp3) is 0.231. The van der Waals surface area contributed by atoms with Crippen molar-refractivity contribution in [3.63, 3.8) is 0 Å². The van der Waals surface area contributed by atoms with Crippen molar-refractivity contribution < 1.29 is 9.53 Å². The molecule has 106 valence electrons. The van der Waals surface area contributed by atoms with Gasteiger partial charge in [-0.2, -0.15) is 5.10 Å². The molecule has 0 atom stereocenters. The number of benzene rings is 1. The van der Waals surface area contributed by atoms with E-state index in [1.54, 1.807) is 35.1 Å². The summed E-state index contributed by atoms with van der Waals surface area (Å²) in [6, 6.07) is 6.85. The van der Waals surface area contributed by atoms with Crippen molar-refractivity contribution in [2.24, 2.45) is 7.05 Å². The fourth-order valence-electron chi connectivity index (χ4n) is 1.55. The van der Waals surface area contributed by atoms with Crippen LogP contribution in [0.3, 0.4) is 0 Å². The molecular weight excluding hydrogens is 346 g/mol. The lowest BCUT2D eigenvalue weighted by Gasteiger charge is -2.08. The lowest BCUT2D eigenvalue weighted by molar-refractivity contribution is -0.123. The zero-order valence-electron chi connectivity index (χ0n) is 10.8. The lowest BCUT2D eigenvalue weighted by atomic mass is 10.3. The second-order valence-electron chi connectivity index (χ2n) is 4.08. The first-order valence-electron chi connectivity index (χ1n) is 5.87. The van der Waals surface area contributed by atoms with E-state index in [4.69, 9.17) is 16.3 Å². The molecule has 0 unspecified atom stereocenters. The predicted molar refractivity (Wildman–Crippen MR) is 79.7 cm³/mol. The van der Waals surface area contributed by atoms with Gasteiger partial charge in [0.05, 0.1) is 22.9 Å². The molecule has 0 fully saturated rings. The maximum Gasteiger partial charge on any atom is 0.258 e.